The predicted octanol–water partition coefficient (Wildman–Crippen LogP) is 2.96. The van der Waals surface area contributed by atoms with E-state index in [4.69, 9.17) is 9.16 Å². The van der Waals surface area contributed by atoms with Gasteiger partial charge in [0.05, 0.1) is 18.1 Å². The quantitative estimate of drug-likeness (QED) is 0.643. The first kappa shape index (κ1) is 17.0. The topological polar surface area (TPSA) is 55.8 Å². The van der Waals surface area contributed by atoms with Gasteiger partial charge in [0.2, 0.25) is 0 Å². The van der Waals surface area contributed by atoms with Gasteiger partial charge in [-0.25, -0.2) is 0 Å². The summed E-state index contributed by atoms with van der Waals surface area (Å²) >= 11 is 0. The van der Waals surface area contributed by atoms with E-state index >= 15 is 0 Å². The molecule has 1 aliphatic carbocycles. The summed E-state index contributed by atoms with van der Waals surface area (Å²) in [6, 6.07) is 0. The van der Waals surface area contributed by atoms with Crippen LogP contribution in [0.5, 0.6) is 0 Å². The van der Waals surface area contributed by atoms with Gasteiger partial charge in [-0.2, -0.15) is 0 Å². The number of aliphatic hydroxyl groups excluding tert-OH is 1. The van der Waals surface area contributed by atoms with Crippen molar-refractivity contribution in [1.29, 1.82) is 0 Å². The fraction of sp³-hybridized carbons (Fsp3) is 0.938. The van der Waals surface area contributed by atoms with E-state index in [-0.39, 0.29) is 34.4 Å². The van der Waals surface area contributed by atoms with E-state index in [1.165, 1.54) is 0 Å². The summed E-state index contributed by atoms with van der Waals surface area (Å²) in [5.74, 6) is -0.523. The first-order chi connectivity index (χ1) is 9.37. The van der Waals surface area contributed by atoms with Crippen LogP contribution in [0.4, 0.5) is 0 Å². The van der Waals surface area contributed by atoms with Gasteiger partial charge in [0, 0.05) is 5.92 Å². The lowest BCUT2D eigenvalue weighted by Gasteiger charge is -2.51. The van der Waals surface area contributed by atoms with Crippen molar-refractivity contribution >= 4 is 14.3 Å². The van der Waals surface area contributed by atoms with Crippen molar-refractivity contribution in [1.82, 2.24) is 0 Å². The Kier molecular flexibility index (Phi) is 4.09. The van der Waals surface area contributed by atoms with Gasteiger partial charge >= 0.3 is 5.97 Å². The van der Waals surface area contributed by atoms with Crippen LogP contribution in [0, 0.1) is 17.3 Å². The molecule has 0 spiro atoms. The van der Waals surface area contributed by atoms with Gasteiger partial charge in [-0.1, -0.05) is 34.6 Å². The lowest BCUT2D eigenvalue weighted by molar-refractivity contribution is -0.159. The molecule has 2 fully saturated rings. The highest BCUT2D eigenvalue weighted by Crippen LogP contribution is 2.51. The zero-order chi connectivity index (χ0) is 16.2. The number of hydrogen-bond donors (Lipinski definition) is 1. The second-order valence-electron chi connectivity index (χ2n) is 8.87. The fourth-order valence-electron chi connectivity index (χ4n) is 3.21. The summed E-state index contributed by atoms with van der Waals surface area (Å²) in [6.45, 7) is 15.4. The van der Waals surface area contributed by atoms with Gasteiger partial charge < -0.3 is 14.3 Å². The van der Waals surface area contributed by atoms with Gasteiger partial charge in [0.1, 0.15) is 6.61 Å². The third-order valence-electron chi connectivity index (χ3n) is 5.74. The molecule has 1 aliphatic heterocycles. The Labute approximate surface area is 129 Å². The van der Waals surface area contributed by atoms with Gasteiger partial charge in [-0.3, -0.25) is 4.79 Å². The maximum atomic E-state index is 12.1. The number of cyclic esters (lactones) is 1. The number of esters is 1. The molecule has 1 heterocycles. The zero-order valence-corrected chi connectivity index (χ0v) is 15.4. The maximum absolute atomic E-state index is 12.1. The summed E-state index contributed by atoms with van der Waals surface area (Å²) in [5, 5.41) is 10.4. The van der Waals surface area contributed by atoms with E-state index in [0.717, 1.165) is 6.42 Å². The number of carbonyl (C=O) groups is 1. The molecule has 1 N–H and O–H groups in total. The third kappa shape index (κ3) is 2.92. The highest BCUT2D eigenvalue weighted by molar-refractivity contribution is 6.74. The van der Waals surface area contributed by atoms with Crippen molar-refractivity contribution in [2.75, 3.05) is 6.61 Å². The molecule has 2 aliphatic rings. The number of hydrogen-bond acceptors (Lipinski definition) is 4. The Hall–Kier alpha value is -0.393. The molecule has 0 amide bonds. The minimum Gasteiger partial charge on any atom is -0.463 e. The molecule has 4 atom stereocenters. The standard InChI is InChI=1S/C16H30O4Si/c1-15(2,3)21(6,7)20-11-9-19-14(18)12(11)10-8-16(4,5)13(10)17/h10-13,17H,8-9H2,1-7H3/t10-,11-,12?,13-/m1/s1. The summed E-state index contributed by atoms with van der Waals surface area (Å²) in [6.07, 6.45) is 0.207. The van der Waals surface area contributed by atoms with Crippen molar-refractivity contribution < 1.29 is 19.1 Å². The molecule has 1 saturated heterocycles. The smallest absolute Gasteiger partial charge is 0.312 e. The average Bonchev–Trinajstić information content (AvgIpc) is 2.65. The van der Waals surface area contributed by atoms with E-state index in [1.807, 2.05) is 13.8 Å². The first-order valence-corrected chi connectivity index (χ1v) is 10.8. The van der Waals surface area contributed by atoms with Crippen LogP contribution < -0.4 is 0 Å². The number of carbonyl (C=O) groups excluding carboxylic acids is 1. The molecule has 0 bridgehead atoms. The molecule has 0 aromatic heterocycles. The molecule has 0 radical (unpaired) electrons. The first-order valence-electron chi connectivity index (χ1n) is 7.89. The van der Waals surface area contributed by atoms with Crippen molar-refractivity contribution in [3.63, 3.8) is 0 Å². The van der Waals surface area contributed by atoms with Crippen LogP contribution >= 0.6 is 0 Å². The van der Waals surface area contributed by atoms with Crippen LogP contribution in [0.25, 0.3) is 0 Å². The van der Waals surface area contributed by atoms with Crippen LogP contribution in [-0.4, -0.2) is 38.2 Å². The predicted molar refractivity (Wildman–Crippen MR) is 84.4 cm³/mol. The minimum absolute atomic E-state index is 0.0234. The molecule has 1 unspecified atom stereocenters. The Morgan fingerprint density at radius 2 is 1.90 bits per heavy atom. The van der Waals surface area contributed by atoms with Crippen LogP contribution in [-0.2, 0) is 14.0 Å². The second-order valence-corrected chi connectivity index (χ2v) is 13.6. The highest BCUT2D eigenvalue weighted by Gasteiger charge is 2.57. The minimum atomic E-state index is -1.95. The van der Waals surface area contributed by atoms with Crippen molar-refractivity contribution in [2.45, 2.75) is 71.4 Å². The molecular weight excluding hydrogens is 284 g/mol. The summed E-state index contributed by atoms with van der Waals surface area (Å²) in [5.41, 5.74) is -0.102. The van der Waals surface area contributed by atoms with Crippen LogP contribution in [0.1, 0.15) is 41.0 Å². The van der Waals surface area contributed by atoms with Gasteiger partial charge in [0.15, 0.2) is 8.32 Å². The van der Waals surface area contributed by atoms with Gasteiger partial charge in [-0.05, 0) is 30.0 Å². The van der Waals surface area contributed by atoms with Crippen LogP contribution in [0.15, 0.2) is 0 Å². The Balaban J connectivity index is 2.12. The van der Waals surface area contributed by atoms with E-state index in [1.54, 1.807) is 0 Å². The number of rotatable bonds is 3. The number of ether oxygens (including phenoxy) is 1. The molecule has 122 valence electrons. The van der Waals surface area contributed by atoms with Crippen molar-refractivity contribution in [3.8, 4) is 0 Å². The van der Waals surface area contributed by atoms with Crippen molar-refractivity contribution in [2.24, 2.45) is 17.3 Å². The van der Waals surface area contributed by atoms with E-state index in [0.29, 0.717) is 6.61 Å². The molecule has 4 nitrogen and oxygen atoms in total. The molecule has 0 aromatic carbocycles. The third-order valence-corrected chi connectivity index (χ3v) is 10.2. The summed E-state index contributed by atoms with van der Waals surface area (Å²) in [7, 11) is -1.95. The highest BCUT2D eigenvalue weighted by atomic mass is 28.4. The SMILES string of the molecule is CC1(C)C[C@H](C2C(=O)OC[C@H]2O[Si](C)(C)C(C)(C)C)[C@H]1O. The molecule has 5 heteroatoms. The average molecular weight is 314 g/mol. The summed E-state index contributed by atoms with van der Waals surface area (Å²) in [4.78, 5) is 12.1. The zero-order valence-electron chi connectivity index (χ0n) is 14.4. The largest absolute Gasteiger partial charge is 0.463 e. The fourth-order valence-corrected chi connectivity index (χ4v) is 4.54. The Morgan fingerprint density at radius 1 is 1.33 bits per heavy atom. The Morgan fingerprint density at radius 3 is 2.33 bits per heavy atom. The molecule has 0 aromatic rings. The van der Waals surface area contributed by atoms with Gasteiger partial charge in [0.25, 0.3) is 0 Å². The molecule has 2 rings (SSSR count). The Bertz CT molecular complexity index is 424. The lowest BCUT2D eigenvalue weighted by Crippen LogP contribution is -2.56. The second kappa shape index (κ2) is 5.07. The van der Waals surface area contributed by atoms with Crippen LogP contribution in [0.3, 0.4) is 0 Å². The normalized spacial score (nSPS) is 36.3. The van der Waals surface area contributed by atoms with E-state index < -0.39 is 14.4 Å². The van der Waals surface area contributed by atoms with E-state index in [9.17, 15) is 9.90 Å². The van der Waals surface area contributed by atoms with Gasteiger partial charge in [-0.15, -0.1) is 0 Å². The summed E-state index contributed by atoms with van der Waals surface area (Å²) < 4.78 is 11.7. The van der Waals surface area contributed by atoms with Crippen LogP contribution in [0.2, 0.25) is 18.1 Å². The van der Waals surface area contributed by atoms with Crippen molar-refractivity contribution in [3.05, 3.63) is 0 Å². The molecule has 1 saturated carbocycles. The van der Waals surface area contributed by atoms with E-state index in [2.05, 4.69) is 33.9 Å². The maximum Gasteiger partial charge on any atom is 0.312 e. The monoisotopic (exact) mass is 314 g/mol. The molecule has 21 heavy (non-hydrogen) atoms. The lowest BCUT2D eigenvalue weighted by atomic mass is 9.57. The number of aliphatic hydroxyl groups is 1. The molecular formula is C16H30O4Si.